The van der Waals surface area contributed by atoms with Gasteiger partial charge in [0, 0.05) is 16.0 Å². The Balaban J connectivity index is 0.000000562. The predicted molar refractivity (Wildman–Crippen MR) is 89.1 cm³/mol. The van der Waals surface area contributed by atoms with E-state index >= 15 is 0 Å². The van der Waals surface area contributed by atoms with Crippen molar-refractivity contribution >= 4 is 7.14 Å². The van der Waals surface area contributed by atoms with Crippen molar-refractivity contribution in [3.63, 3.8) is 0 Å². The Morgan fingerprint density at radius 2 is 0.952 bits per heavy atom. The van der Waals surface area contributed by atoms with Crippen molar-refractivity contribution in [3.05, 3.63) is 63.4 Å². The molecule has 0 atom stereocenters. The second-order valence-corrected chi connectivity index (χ2v) is 11.5. The van der Waals surface area contributed by atoms with Gasteiger partial charge >= 0.3 is 17.1 Å². The Labute approximate surface area is 144 Å². The summed E-state index contributed by atoms with van der Waals surface area (Å²) in [5, 5.41) is -0.362. The molecule has 116 valence electrons. The molecule has 3 heteroatoms. The van der Waals surface area contributed by atoms with Crippen LogP contribution in [-0.2, 0) is 21.6 Å². The first kappa shape index (κ1) is 21.7. The average molecular weight is 346 g/mol. The van der Waals surface area contributed by atoms with Gasteiger partial charge < -0.3 is 4.57 Å². The second-order valence-electron chi connectivity index (χ2n) is 7.06. The summed E-state index contributed by atoms with van der Waals surface area (Å²) in [6.45, 7) is 12.5. The van der Waals surface area contributed by atoms with Crippen molar-refractivity contribution in [2.75, 3.05) is 0 Å². The molecule has 2 aliphatic rings. The van der Waals surface area contributed by atoms with Crippen molar-refractivity contribution in [2.24, 2.45) is 0 Å². The van der Waals surface area contributed by atoms with E-state index in [1.54, 1.807) is 0 Å². The van der Waals surface area contributed by atoms with E-state index < -0.39 is 7.14 Å². The molecule has 0 N–H and O–H groups in total. The molecule has 0 heterocycles. The van der Waals surface area contributed by atoms with Gasteiger partial charge in [-0.25, -0.2) is 0 Å². The maximum atomic E-state index is 13.3. The summed E-state index contributed by atoms with van der Waals surface area (Å²) in [5.74, 6) is 0. The predicted octanol–water partition coefficient (Wildman–Crippen LogP) is 5.33. The van der Waals surface area contributed by atoms with Gasteiger partial charge in [0.05, 0.1) is 0 Å². The quantitative estimate of drug-likeness (QED) is 0.463. The molecule has 2 aliphatic carbocycles. The van der Waals surface area contributed by atoms with Crippen LogP contribution in [-0.4, -0.2) is 10.3 Å². The van der Waals surface area contributed by atoms with E-state index in [0.717, 1.165) is 5.66 Å². The molecule has 0 aromatic heterocycles. The van der Waals surface area contributed by atoms with E-state index in [1.807, 2.05) is 57.8 Å². The molecule has 0 spiro atoms. The third-order valence-electron chi connectivity index (χ3n) is 3.45. The van der Waals surface area contributed by atoms with Crippen molar-refractivity contribution < 1.29 is 21.6 Å². The van der Waals surface area contributed by atoms with Gasteiger partial charge in [0.25, 0.3) is 0 Å². The van der Waals surface area contributed by atoms with Gasteiger partial charge in [-0.15, -0.1) is 0 Å². The average Bonchev–Trinajstić information content (AvgIpc) is 3.01. The minimum atomic E-state index is -2.39. The zero-order valence-electron chi connectivity index (χ0n) is 13.9. The van der Waals surface area contributed by atoms with Gasteiger partial charge in [-0.2, -0.15) is 0 Å². The van der Waals surface area contributed by atoms with Crippen LogP contribution in [0.25, 0.3) is 0 Å². The maximum absolute atomic E-state index is 13.3. The molecule has 21 heavy (non-hydrogen) atoms. The molecule has 2 fully saturated rings. The molecule has 10 radical (unpaired) electrons. The fourth-order valence-electron chi connectivity index (χ4n) is 2.68. The van der Waals surface area contributed by atoms with E-state index in [-0.39, 0.29) is 27.4 Å². The third kappa shape index (κ3) is 5.40. The molecule has 0 aromatic carbocycles. The van der Waals surface area contributed by atoms with Gasteiger partial charge in [0.2, 0.25) is 0 Å². The van der Waals surface area contributed by atoms with Crippen LogP contribution in [0.2, 0.25) is 0 Å². The van der Waals surface area contributed by atoms with E-state index in [9.17, 15) is 4.57 Å². The normalized spacial score (nSPS) is 20.7. The Hall–Kier alpha value is 0.749. The second kappa shape index (κ2) is 8.56. The van der Waals surface area contributed by atoms with Gasteiger partial charge in [0.1, 0.15) is 7.14 Å². The maximum Gasteiger partial charge on any atom is 2.00 e. The summed E-state index contributed by atoms with van der Waals surface area (Å²) >= 11 is 0. The van der Waals surface area contributed by atoms with Gasteiger partial charge in [-0.3, -0.25) is 0 Å². The standard InChI is InChI=1S/C13H22OP.C5H5.Fe/c1-12(2,3)15(14,13(4,5)6)11-9-7-8-10-11;1-2-4-5-3-1;/h7-10H,1-6H3;1-5H;/q;;+2. The molecule has 0 amide bonds. The molecule has 2 saturated carbocycles. The first-order valence-electron chi connectivity index (χ1n) is 7.10. The molecular weight excluding hydrogens is 319 g/mol. The summed E-state index contributed by atoms with van der Waals surface area (Å²) in [6.07, 6.45) is 17.9. The van der Waals surface area contributed by atoms with Crippen molar-refractivity contribution in [2.45, 2.75) is 51.9 Å². The van der Waals surface area contributed by atoms with E-state index in [4.69, 9.17) is 0 Å². The number of hydrogen-bond donors (Lipinski definition) is 0. The zero-order valence-corrected chi connectivity index (χ0v) is 15.9. The summed E-state index contributed by atoms with van der Waals surface area (Å²) in [6, 6.07) is 0. The minimum Gasteiger partial charge on any atom is -0.322 e. The first-order valence-corrected chi connectivity index (χ1v) is 8.80. The molecule has 2 rings (SSSR count). The minimum absolute atomic E-state index is 0. The summed E-state index contributed by atoms with van der Waals surface area (Å²) in [7, 11) is -2.39. The van der Waals surface area contributed by atoms with Crippen molar-refractivity contribution in [1.29, 1.82) is 0 Å². The monoisotopic (exact) mass is 346 g/mol. The van der Waals surface area contributed by atoms with Crippen molar-refractivity contribution in [1.82, 2.24) is 0 Å². The Morgan fingerprint density at radius 1 is 0.667 bits per heavy atom. The zero-order chi connectivity index (χ0) is 15.4. The number of hydrogen-bond acceptors (Lipinski definition) is 1. The summed E-state index contributed by atoms with van der Waals surface area (Å²) in [5.41, 5.74) is 1.02. The molecular formula is C18H27FeOP+2. The number of rotatable bonds is 1. The summed E-state index contributed by atoms with van der Waals surface area (Å²) in [4.78, 5) is 0. The Morgan fingerprint density at radius 3 is 1.19 bits per heavy atom. The molecule has 0 saturated heterocycles. The largest absolute Gasteiger partial charge is 2.00 e. The van der Waals surface area contributed by atoms with Crippen LogP contribution in [0.4, 0.5) is 0 Å². The van der Waals surface area contributed by atoms with E-state index in [2.05, 4.69) is 41.5 Å². The first-order chi connectivity index (χ1) is 9.11. The SMILES string of the molecule is CC(C)(C)P(=O)([C]1[CH][CH][CH][CH]1)C(C)(C)C.[CH]1[CH][CH][CH][CH]1.[Fe+2]. The van der Waals surface area contributed by atoms with Gasteiger partial charge in [0.15, 0.2) is 0 Å². The topological polar surface area (TPSA) is 17.1 Å². The molecule has 0 aromatic rings. The van der Waals surface area contributed by atoms with Crippen molar-refractivity contribution in [3.8, 4) is 0 Å². The van der Waals surface area contributed by atoms with Crippen LogP contribution in [0.3, 0.4) is 0 Å². The molecule has 1 nitrogen and oxygen atoms in total. The van der Waals surface area contributed by atoms with E-state index in [0.29, 0.717) is 0 Å². The van der Waals surface area contributed by atoms with Crippen LogP contribution in [0, 0.1) is 63.4 Å². The van der Waals surface area contributed by atoms with Crippen LogP contribution in [0.1, 0.15) is 41.5 Å². The van der Waals surface area contributed by atoms with Crippen LogP contribution in [0.5, 0.6) is 0 Å². The van der Waals surface area contributed by atoms with E-state index in [1.165, 1.54) is 0 Å². The fourth-order valence-corrected chi connectivity index (χ4v) is 6.83. The smallest absolute Gasteiger partial charge is 0.322 e. The Bertz CT molecular complexity index is 302. The molecule has 0 unspecified atom stereocenters. The summed E-state index contributed by atoms with van der Waals surface area (Å²) < 4.78 is 13.3. The molecule has 0 bridgehead atoms. The third-order valence-corrected chi connectivity index (χ3v) is 8.26. The Kier molecular flexibility index (Phi) is 8.86. The van der Waals surface area contributed by atoms with Gasteiger partial charge in [-0.05, 0) is 57.8 Å². The fraction of sp³-hybridized carbons (Fsp3) is 0.444. The van der Waals surface area contributed by atoms with Crippen LogP contribution in [0.15, 0.2) is 0 Å². The van der Waals surface area contributed by atoms with Crippen LogP contribution < -0.4 is 0 Å². The van der Waals surface area contributed by atoms with Gasteiger partial charge in [-0.1, -0.05) is 41.5 Å². The van der Waals surface area contributed by atoms with Crippen LogP contribution >= 0.6 is 7.14 Å². The molecule has 0 aliphatic heterocycles.